The van der Waals surface area contributed by atoms with Crippen LogP contribution in [0.25, 0.3) is 0 Å². The van der Waals surface area contributed by atoms with Gasteiger partial charge in [0.1, 0.15) is 5.75 Å². The van der Waals surface area contributed by atoms with E-state index in [1.54, 1.807) is 12.1 Å². The number of alkyl halides is 1. The fourth-order valence-corrected chi connectivity index (χ4v) is 1.33. The number of benzene rings is 1. The third-order valence-electron chi connectivity index (χ3n) is 2.08. The number of hydrogen-bond acceptors (Lipinski definition) is 2. The number of urea groups is 1. The van der Waals surface area contributed by atoms with Gasteiger partial charge < -0.3 is 15.4 Å². The number of halogens is 1. The molecule has 0 aliphatic heterocycles. The lowest BCUT2D eigenvalue weighted by Gasteiger charge is -2.10. The van der Waals surface area contributed by atoms with E-state index in [-0.39, 0.29) is 6.03 Å². The van der Waals surface area contributed by atoms with E-state index in [2.05, 4.69) is 24.5 Å². The van der Waals surface area contributed by atoms with E-state index >= 15 is 0 Å². The molecule has 5 heteroatoms. The first kappa shape index (κ1) is 14.6. The van der Waals surface area contributed by atoms with Crippen molar-refractivity contribution in [3.63, 3.8) is 0 Å². The highest BCUT2D eigenvalue weighted by atomic mass is 35.5. The highest BCUT2D eigenvalue weighted by Gasteiger charge is 2.01. The molecule has 0 bridgehead atoms. The molecule has 0 aliphatic carbocycles. The smallest absolute Gasteiger partial charge is 0.319 e. The van der Waals surface area contributed by atoms with Gasteiger partial charge in [-0.2, -0.15) is 0 Å². The molecule has 0 unspecified atom stereocenters. The number of ether oxygens (including phenoxy) is 1. The van der Waals surface area contributed by atoms with Crippen molar-refractivity contribution in [1.82, 2.24) is 5.32 Å². The molecule has 0 radical (unpaired) electrons. The Bertz CT molecular complexity index is 366. The predicted molar refractivity (Wildman–Crippen MR) is 74.5 cm³/mol. The molecule has 4 nitrogen and oxygen atoms in total. The Hall–Kier alpha value is -1.42. The summed E-state index contributed by atoms with van der Waals surface area (Å²) < 4.78 is 5.55. The van der Waals surface area contributed by atoms with Gasteiger partial charge in [-0.1, -0.05) is 13.8 Å². The highest BCUT2D eigenvalue weighted by molar-refractivity contribution is 6.18. The molecule has 0 saturated carbocycles. The third kappa shape index (κ3) is 5.77. The van der Waals surface area contributed by atoms with Crippen LogP contribution in [-0.4, -0.2) is 25.1 Å². The number of rotatable bonds is 6. The van der Waals surface area contributed by atoms with Crippen LogP contribution < -0.4 is 15.4 Å². The molecule has 2 N–H and O–H groups in total. The van der Waals surface area contributed by atoms with Crippen LogP contribution in [0.2, 0.25) is 0 Å². The second-order valence-electron chi connectivity index (χ2n) is 4.30. The molecule has 2 amide bonds. The summed E-state index contributed by atoms with van der Waals surface area (Å²) in [4.78, 5) is 11.4. The molecule has 0 aliphatic rings. The summed E-state index contributed by atoms with van der Waals surface area (Å²) in [7, 11) is 0. The summed E-state index contributed by atoms with van der Waals surface area (Å²) in [6.07, 6.45) is 0. The van der Waals surface area contributed by atoms with Gasteiger partial charge in [0.25, 0.3) is 0 Å². The van der Waals surface area contributed by atoms with Crippen LogP contribution in [-0.2, 0) is 0 Å². The van der Waals surface area contributed by atoms with E-state index in [4.69, 9.17) is 16.3 Å². The highest BCUT2D eigenvalue weighted by Crippen LogP contribution is 2.16. The lowest BCUT2D eigenvalue weighted by Crippen LogP contribution is -2.30. The fourth-order valence-electron chi connectivity index (χ4n) is 1.23. The van der Waals surface area contributed by atoms with Crippen molar-refractivity contribution in [3.8, 4) is 5.75 Å². The van der Waals surface area contributed by atoms with Gasteiger partial charge in [0, 0.05) is 18.1 Å². The van der Waals surface area contributed by atoms with Gasteiger partial charge in [-0.25, -0.2) is 4.79 Å². The molecule has 100 valence electrons. The largest absolute Gasteiger partial charge is 0.493 e. The lowest BCUT2D eigenvalue weighted by molar-refractivity contribution is 0.252. The molecule has 1 aromatic carbocycles. The first-order chi connectivity index (χ1) is 8.61. The van der Waals surface area contributed by atoms with E-state index in [0.717, 1.165) is 11.4 Å². The summed E-state index contributed by atoms with van der Waals surface area (Å²) in [6, 6.07) is 7.01. The minimum absolute atomic E-state index is 0.258. The monoisotopic (exact) mass is 270 g/mol. The molecular weight excluding hydrogens is 252 g/mol. The van der Waals surface area contributed by atoms with E-state index in [0.29, 0.717) is 24.9 Å². The summed E-state index contributed by atoms with van der Waals surface area (Å²) >= 11 is 5.47. The van der Waals surface area contributed by atoms with Gasteiger partial charge in [0.2, 0.25) is 0 Å². The van der Waals surface area contributed by atoms with E-state index in [1.807, 2.05) is 12.1 Å². The van der Waals surface area contributed by atoms with E-state index < -0.39 is 0 Å². The summed E-state index contributed by atoms with van der Waals surface area (Å²) in [5, 5.41) is 5.33. The van der Waals surface area contributed by atoms with Crippen molar-refractivity contribution in [1.29, 1.82) is 0 Å². The Morgan fingerprint density at radius 2 is 2.00 bits per heavy atom. The van der Waals surface area contributed by atoms with Gasteiger partial charge in [-0.05, 0) is 30.2 Å². The van der Waals surface area contributed by atoms with Crippen molar-refractivity contribution in [2.24, 2.45) is 5.92 Å². The zero-order chi connectivity index (χ0) is 13.4. The van der Waals surface area contributed by atoms with Crippen LogP contribution >= 0.6 is 11.6 Å². The van der Waals surface area contributed by atoms with Crippen LogP contribution in [0.5, 0.6) is 5.75 Å². The van der Waals surface area contributed by atoms with Crippen LogP contribution in [0.3, 0.4) is 0 Å². The third-order valence-corrected chi connectivity index (χ3v) is 2.26. The van der Waals surface area contributed by atoms with Crippen molar-refractivity contribution in [2.45, 2.75) is 13.8 Å². The number of carbonyl (C=O) groups excluding carboxylic acids is 1. The van der Waals surface area contributed by atoms with Gasteiger partial charge in [-0.15, -0.1) is 11.6 Å². The van der Waals surface area contributed by atoms with Gasteiger partial charge in [0.05, 0.1) is 6.61 Å². The molecule has 0 spiro atoms. The Kier molecular flexibility index (Phi) is 6.36. The number of amides is 2. The van der Waals surface area contributed by atoms with Crippen LogP contribution in [0.1, 0.15) is 13.8 Å². The average Bonchev–Trinajstić information content (AvgIpc) is 2.35. The minimum atomic E-state index is -0.258. The first-order valence-electron chi connectivity index (χ1n) is 5.95. The molecule has 1 aromatic rings. The first-order valence-corrected chi connectivity index (χ1v) is 6.49. The Labute approximate surface area is 113 Å². The number of hydrogen-bond donors (Lipinski definition) is 2. The van der Waals surface area contributed by atoms with Crippen LogP contribution in [0, 0.1) is 5.92 Å². The quantitative estimate of drug-likeness (QED) is 0.781. The second kappa shape index (κ2) is 7.82. The Morgan fingerprint density at radius 1 is 1.33 bits per heavy atom. The summed E-state index contributed by atoms with van der Waals surface area (Å²) in [5.74, 6) is 1.69. The van der Waals surface area contributed by atoms with Gasteiger partial charge in [0.15, 0.2) is 0 Å². The van der Waals surface area contributed by atoms with Gasteiger partial charge in [-0.3, -0.25) is 0 Å². The maximum Gasteiger partial charge on any atom is 0.319 e. The molecule has 0 heterocycles. The van der Waals surface area contributed by atoms with Gasteiger partial charge >= 0.3 is 6.03 Å². The lowest BCUT2D eigenvalue weighted by atomic mass is 10.2. The number of carbonyl (C=O) groups is 1. The topological polar surface area (TPSA) is 50.4 Å². The maximum absolute atomic E-state index is 11.4. The standard InChI is InChI=1S/C13H19ClN2O2/c1-10(2)9-18-12-5-3-11(4-6-12)16-13(17)15-8-7-14/h3-6,10H,7-9H2,1-2H3,(H2,15,16,17). The molecule has 0 saturated heterocycles. The van der Waals surface area contributed by atoms with Crippen molar-refractivity contribution in [3.05, 3.63) is 24.3 Å². The SMILES string of the molecule is CC(C)COc1ccc(NC(=O)NCCCl)cc1. The molecular formula is C13H19ClN2O2. The number of nitrogens with one attached hydrogen (secondary N) is 2. The fraction of sp³-hybridized carbons (Fsp3) is 0.462. The zero-order valence-electron chi connectivity index (χ0n) is 10.7. The Morgan fingerprint density at radius 3 is 2.56 bits per heavy atom. The van der Waals surface area contributed by atoms with Crippen molar-refractivity contribution >= 4 is 23.3 Å². The van der Waals surface area contributed by atoms with Crippen LogP contribution in [0.4, 0.5) is 10.5 Å². The normalized spacial score (nSPS) is 10.2. The zero-order valence-corrected chi connectivity index (χ0v) is 11.5. The molecule has 0 aromatic heterocycles. The summed E-state index contributed by atoms with van der Waals surface area (Å²) in [6.45, 7) is 5.32. The molecule has 18 heavy (non-hydrogen) atoms. The predicted octanol–water partition coefficient (Wildman–Crippen LogP) is 3.08. The second-order valence-corrected chi connectivity index (χ2v) is 4.68. The number of anilines is 1. The van der Waals surface area contributed by atoms with E-state index in [1.165, 1.54) is 0 Å². The molecule has 0 fully saturated rings. The van der Waals surface area contributed by atoms with Crippen molar-refractivity contribution in [2.75, 3.05) is 24.3 Å². The average molecular weight is 271 g/mol. The van der Waals surface area contributed by atoms with E-state index in [9.17, 15) is 4.79 Å². The summed E-state index contributed by atoms with van der Waals surface area (Å²) in [5.41, 5.74) is 0.721. The minimum Gasteiger partial charge on any atom is -0.493 e. The Balaban J connectivity index is 2.42. The maximum atomic E-state index is 11.4. The molecule has 0 atom stereocenters. The van der Waals surface area contributed by atoms with Crippen LogP contribution in [0.15, 0.2) is 24.3 Å². The van der Waals surface area contributed by atoms with Crippen molar-refractivity contribution < 1.29 is 9.53 Å². The molecule has 1 rings (SSSR count).